The van der Waals surface area contributed by atoms with Crippen molar-refractivity contribution in [1.29, 1.82) is 0 Å². The Morgan fingerprint density at radius 1 is 1.04 bits per heavy atom. The van der Waals surface area contributed by atoms with Crippen molar-refractivity contribution < 1.29 is 0 Å². The first-order valence-electron chi connectivity index (χ1n) is 7.32. The summed E-state index contributed by atoms with van der Waals surface area (Å²) in [5, 5.41) is 9.62. The van der Waals surface area contributed by atoms with Gasteiger partial charge in [0.25, 0.3) is 0 Å². The van der Waals surface area contributed by atoms with Crippen LogP contribution in [0.25, 0.3) is 5.65 Å². The molecule has 2 heterocycles. The van der Waals surface area contributed by atoms with Crippen LogP contribution in [0.3, 0.4) is 0 Å². The molecule has 0 aliphatic rings. The van der Waals surface area contributed by atoms with Gasteiger partial charge in [-0.2, -0.15) is 0 Å². The molecule has 0 spiro atoms. The Morgan fingerprint density at radius 3 is 2.39 bits per heavy atom. The number of halogens is 2. The Labute approximate surface area is 144 Å². The summed E-state index contributed by atoms with van der Waals surface area (Å²) in [5.74, 6) is 0.930. The smallest absolute Gasteiger partial charge is 0.183 e. The molecule has 23 heavy (non-hydrogen) atoms. The molecule has 0 saturated heterocycles. The van der Waals surface area contributed by atoms with E-state index in [0.29, 0.717) is 21.6 Å². The van der Waals surface area contributed by atoms with Crippen molar-refractivity contribution in [3.05, 3.63) is 57.8 Å². The quantitative estimate of drug-likeness (QED) is 0.499. The van der Waals surface area contributed by atoms with E-state index in [1.54, 1.807) is 18.2 Å². The Hall–Kier alpha value is -1.91. The normalized spacial score (nSPS) is 11.9. The van der Waals surface area contributed by atoms with Gasteiger partial charge >= 0.3 is 0 Å². The molecule has 118 valence electrons. The molecule has 6 heteroatoms. The van der Waals surface area contributed by atoms with Gasteiger partial charge in [-0.3, -0.25) is 4.40 Å². The first-order chi connectivity index (χ1) is 11.0. The lowest BCUT2D eigenvalue weighted by Crippen LogP contribution is -1.87. The second-order valence-electron chi connectivity index (χ2n) is 5.63. The molecular weight excluding hydrogens is 331 g/mol. The molecule has 0 atom stereocenters. The number of nitrogens with zero attached hydrogens (tertiary/aromatic N) is 4. The van der Waals surface area contributed by atoms with Crippen molar-refractivity contribution in [2.45, 2.75) is 26.7 Å². The van der Waals surface area contributed by atoms with Crippen molar-refractivity contribution in [2.24, 2.45) is 10.2 Å². The van der Waals surface area contributed by atoms with E-state index in [1.165, 1.54) is 0 Å². The van der Waals surface area contributed by atoms with Crippen molar-refractivity contribution in [1.82, 2.24) is 9.38 Å². The average Bonchev–Trinajstić information content (AvgIpc) is 2.87. The van der Waals surface area contributed by atoms with Crippen LogP contribution in [0.15, 0.2) is 46.8 Å². The summed E-state index contributed by atoms with van der Waals surface area (Å²) >= 11 is 12.3. The minimum Gasteiger partial charge on any atom is -0.283 e. The van der Waals surface area contributed by atoms with Crippen molar-refractivity contribution in [3.63, 3.8) is 0 Å². The first kappa shape index (κ1) is 16.0. The third kappa shape index (κ3) is 2.96. The zero-order valence-electron chi connectivity index (χ0n) is 13.1. The minimum atomic E-state index is 0.227. The molecule has 4 nitrogen and oxygen atoms in total. The van der Waals surface area contributed by atoms with E-state index in [0.717, 1.165) is 16.9 Å². The van der Waals surface area contributed by atoms with Crippen LogP contribution in [0.2, 0.25) is 10.0 Å². The van der Waals surface area contributed by atoms with Crippen LogP contribution in [-0.2, 0) is 0 Å². The Balaban J connectivity index is 2.18. The van der Waals surface area contributed by atoms with E-state index in [9.17, 15) is 0 Å². The number of aromatic nitrogens is 2. The molecule has 0 fully saturated rings. The number of azo groups is 1. The van der Waals surface area contributed by atoms with Gasteiger partial charge in [0.15, 0.2) is 5.82 Å². The molecule has 1 aromatic carbocycles. The number of rotatable bonds is 3. The Bertz CT molecular complexity index is 877. The highest BCUT2D eigenvalue weighted by atomic mass is 35.5. The van der Waals surface area contributed by atoms with Crippen molar-refractivity contribution >= 4 is 40.4 Å². The fourth-order valence-electron chi connectivity index (χ4n) is 2.38. The maximum Gasteiger partial charge on any atom is 0.183 e. The number of hydrogen-bond acceptors (Lipinski definition) is 3. The van der Waals surface area contributed by atoms with E-state index in [-0.39, 0.29) is 5.92 Å². The zero-order chi connectivity index (χ0) is 16.6. The number of hydrogen-bond donors (Lipinski definition) is 0. The van der Waals surface area contributed by atoms with Gasteiger partial charge in [0.1, 0.15) is 11.3 Å². The molecule has 3 aromatic rings. The van der Waals surface area contributed by atoms with Gasteiger partial charge in [-0.1, -0.05) is 49.2 Å². The summed E-state index contributed by atoms with van der Waals surface area (Å²) in [6.07, 6.45) is 1.93. The van der Waals surface area contributed by atoms with Crippen LogP contribution >= 0.6 is 23.2 Å². The fourth-order valence-corrected chi connectivity index (χ4v) is 2.85. The van der Waals surface area contributed by atoms with Crippen LogP contribution in [0.1, 0.15) is 31.0 Å². The largest absolute Gasteiger partial charge is 0.283 e. The number of aryl methyl sites for hydroxylation is 1. The average molecular weight is 347 g/mol. The summed E-state index contributed by atoms with van der Waals surface area (Å²) in [5.41, 5.74) is 3.33. The minimum absolute atomic E-state index is 0.227. The molecule has 0 bridgehead atoms. The number of pyridine rings is 1. The van der Waals surface area contributed by atoms with Gasteiger partial charge in [-0.15, -0.1) is 10.2 Å². The maximum atomic E-state index is 6.15. The van der Waals surface area contributed by atoms with E-state index >= 15 is 0 Å². The fraction of sp³-hybridized carbons (Fsp3) is 0.235. The molecule has 2 aromatic heterocycles. The Kier molecular flexibility index (Phi) is 4.37. The van der Waals surface area contributed by atoms with Crippen LogP contribution in [-0.4, -0.2) is 9.38 Å². The number of benzene rings is 1. The number of imidazole rings is 1. The van der Waals surface area contributed by atoms with Crippen molar-refractivity contribution in [3.8, 4) is 0 Å². The molecular formula is C17H16Cl2N4. The summed E-state index contributed by atoms with van der Waals surface area (Å²) < 4.78 is 1.94. The predicted molar refractivity (Wildman–Crippen MR) is 94.7 cm³/mol. The highest BCUT2D eigenvalue weighted by Gasteiger charge is 2.16. The van der Waals surface area contributed by atoms with Gasteiger partial charge < -0.3 is 0 Å². The molecule has 0 N–H and O–H groups in total. The molecule has 0 amide bonds. The second kappa shape index (κ2) is 6.30. The van der Waals surface area contributed by atoms with Gasteiger partial charge in [0.2, 0.25) is 0 Å². The SMILES string of the molecule is Cc1cccn2c(N=Nc3c(Cl)cccc3Cl)c(C(C)C)nc12. The summed E-state index contributed by atoms with van der Waals surface area (Å²) in [7, 11) is 0. The Morgan fingerprint density at radius 2 is 1.74 bits per heavy atom. The zero-order valence-corrected chi connectivity index (χ0v) is 14.6. The predicted octanol–water partition coefficient (Wildman–Crippen LogP) is 6.49. The highest BCUT2D eigenvalue weighted by Crippen LogP contribution is 2.35. The second-order valence-corrected chi connectivity index (χ2v) is 6.44. The highest BCUT2D eigenvalue weighted by molar-refractivity contribution is 6.38. The van der Waals surface area contributed by atoms with Crippen LogP contribution in [0.4, 0.5) is 11.5 Å². The van der Waals surface area contributed by atoms with Gasteiger partial charge in [-0.25, -0.2) is 4.98 Å². The lowest BCUT2D eigenvalue weighted by molar-refractivity contribution is 0.831. The van der Waals surface area contributed by atoms with E-state index in [4.69, 9.17) is 28.2 Å². The van der Waals surface area contributed by atoms with Gasteiger partial charge in [-0.05, 0) is 36.6 Å². The third-order valence-electron chi connectivity index (χ3n) is 3.58. The lowest BCUT2D eigenvalue weighted by atomic mass is 10.1. The van der Waals surface area contributed by atoms with Gasteiger partial charge in [0.05, 0.1) is 15.7 Å². The topological polar surface area (TPSA) is 42.0 Å². The molecule has 0 aliphatic carbocycles. The molecule has 0 aliphatic heterocycles. The molecule has 0 radical (unpaired) electrons. The standard InChI is InChI=1S/C17H16Cl2N4/c1-10(2)14-17(23-9-5-6-11(3)16(23)20-14)22-21-15-12(18)7-4-8-13(15)19/h4-10H,1-3H3. The summed E-state index contributed by atoms with van der Waals surface area (Å²) in [4.78, 5) is 4.71. The van der Waals surface area contributed by atoms with Crippen LogP contribution in [0.5, 0.6) is 0 Å². The third-order valence-corrected chi connectivity index (χ3v) is 4.19. The van der Waals surface area contributed by atoms with E-state index in [1.807, 2.05) is 29.7 Å². The van der Waals surface area contributed by atoms with E-state index in [2.05, 4.69) is 24.1 Å². The van der Waals surface area contributed by atoms with Crippen LogP contribution < -0.4 is 0 Å². The van der Waals surface area contributed by atoms with Crippen LogP contribution in [0, 0.1) is 6.92 Å². The monoisotopic (exact) mass is 346 g/mol. The van der Waals surface area contributed by atoms with Crippen molar-refractivity contribution in [2.75, 3.05) is 0 Å². The molecule has 3 rings (SSSR count). The summed E-state index contributed by atoms with van der Waals surface area (Å²) in [6, 6.07) is 9.25. The molecule has 0 unspecified atom stereocenters. The number of fused-ring (bicyclic) bond motifs is 1. The lowest BCUT2D eigenvalue weighted by Gasteiger charge is -2.03. The van der Waals surface area contributed by atoms with Gasteiger partial charge in [0, 0.05) is 6.20 Å². The first-order valence-corrected chi connectivity index (χ1v) is 8.08. The van der Waals surface area contributed by atoms with E-state index < -0.39 is 0 Å². The summed E-state index contributed by atoms with van der Waals surface area (Å²) in [6.45, 7) is 6.19. The molecule has 0 saturated carbocycles. The maximum absolute atomic E-state index is 6.15.